The molecule has 1 unspecified atom stereocenters. The molecule has 0 saturated heterocycles. The van der Waals surface area contributed by atoms with Crippen molar-refractivity contribution in [1.82, 2.24) is 0 Å². The first-order chi connectivity index (χ1) is 8.22. The average molecular weight is 271 g/mol. The van der Waals surface area contributed by atoms with Gasteiger partial charge in [-0.3, -0.25) is 4.79 Å². The van der Waals surface area contributed by atoms with Gasteiger partial charge in [0.05, 0.1) is 0 Å². The first kappa shape index (κ1) is 12.5. The van der Waals surface area contributed by atoms with E-state index in [1.807, 2.05) is 30.3 Å². The minimum Gasteiger partial charge on any atom is -0.481 e. The van der Waals surface area contributed by atoms with E-state index in [2.05, 4.69) is 0 Å². The summed E-state index contributed by atoms with van der Waals surface area (Å²) in [4.78, 5) is 11.8. The van der Waals surface area contributed by atoms with Gasteiger partial charge in [-0.15, -0.1) is 0 Å². The van der Waals surface area contributed by atoms with Crippen LogP contribution in [-0.4, -0.2) is 11.8 Å². The minimum absolute atomic E-state index is 0.0142. The van der Waals surface area contributed by atoms with Crippen LogP contribution < -0.4 is 0 Å². The molecule has 0 aliphatic heterocycles. The van der Waals surface area contributed by atoms with Crippen molar-refractivity contribution in [2.45, 2.75) is 18.8 Å². The van der Waals surface area contributed by atoms with Gasteiger partial charge in [0.1, 0.15) is 10.8 Å². The van der Waals surface area contributed by atoms with Crippen molar-refractivity contribution in [2.24, 2.45) is 0 Å². The smallest absolute Gasteiger partial charge is 0.178 e. The topological polar surface area (TPSA) is 26.3 Å². The standard InChI is InChI=1S/C13H12Cl2O2/c14-8-17-12-7-10(6-11(16)13(12)15)9-4-2-1-3-5-9/h1-5,10H,6-8H2. The molecule has 0 saturated carbocycles. The van der Waals surface area contributed by atoms with Crippen LogP contribution in [0.2, 0.25) is 0 Å². The number of benzene rings is 1. The molecule has 0 bridgehead atoms. The van der Waals surface area contributed by atoms with E-state index < -0.39 is 0 Å². The van der Waals surface area contributed by atoms with Crippen LogP contribution in [0.15, 0.2) is 41.1 Å². The Labute approximate surface area is 110 Å². The molecule has 0 spiro atoms. The van der Waals surface area contributed by atoms with E-state index in [9.17, 15) is 4.79 Å². The molecule has 1 aliphatic rings. The van der Waals surface area contributed by atoms with E-state index >= 15 is 0 Å². The lowest BCUT2D eigenvalue weighted by atomic mass is 9.86. The van der Waals surface area contributed by atoms with E-state index in [1.165, 1.54) is 0 Å². The molecule has 17 heavy (non-hydrogen) atoms. The molecule has 0 aromatic heterocycles. The Morgan fingerprint density at radius 3 is 2.59 bits per heavy atom. The molecule has 0 radical (unpaired) electrons. The number of hydrogen-bond acceptors (Lipinski definition) is 2. The second-order valence-electron chi connectivity index (χ2n) is 3.93. The SMILES string of the molecule is O=C1CC(c2ccccc2)CC(OCCl)=C1Cl. The molecule has 90 valence electrons. The van der Waals surface area contributed by atoms with Gasteiger partial charge in [0.15, 0.2) is 11.8 Å². The van der Waals surface area contributed by atoms with Gasteiger partial charge in [-0.25, -0.2) is 0 Å². The predicted octanol–water partition coefficient (Wildman–Crippen LogP) is 3.80. The second-order valence-corrected chi connectivity index (χ2v) is 4.53. The lowest BCUT2D eigenvalue weighted by molar-refractivity contribution is -0.116. The third-order valence-electron chi connectivity index (χ3n) is 2.85. The monoisotopic (exact) mass is 270 g/mol. The summed E-state index contributed by atoms with van der Waals surface area (Å²) in [5.74, 6) is 0.558. The zero-order chi connectivity index (χ0) is 12.3. The maximum absolute atomic E-state index is 11.8. The summed E-state index contributed by atoms with van der Waals surface area (Å²) in [6, 6.07) is 9.90. The summed E-state index contributed by atoms with van der Waals surface area (Å²) in [7, 11) is 0. The summed E-state index contributed by atoms with van der Waals surface area (Å²) in [5, 5.41) is 0.192. The van der Waals surface area contributed by atoms with Gasteiger partial charge in [-0.1, -0.05) is 53.5 Å². The molecule has 0 fully saturated rings. The molecule has 1 aliphatic carbocycles. The van der Waals surface area contributed by atoms with Crippen molar-refractivity contribution in [3.63, 3.8) is 0 Å². The van der Waals surface area contributed by atoms with Gasteiger partial charge >= 0.3 is 0 Å². The Hall–Kier alpha value is -0.990. The zero-order valence-corrected chi connectivity index (χ0v) is 10.7. The highest BCUT2D eigenvalue weighted by Crippen LogP contribution is 2.36. The number of halogens is 2. The van der Waals surface area contributed by atoms with Crippen molar-refractivity contribution in [2.75, 3.05) is 6.07 Å². The number of Topliss-reactive ketones (excluding diaryl/α,β-unsaturated/α-hetero) is 1. The van der Waals surface area contributed by atoms with E-state index in [4.69, 9.17) is 27.9 Å². The van der Waals surface area contributed by atoms with Crippen LogP contribution in [0.25, 0.3) is 0 Å². The molecule has 0 N–H and O–H groups in total. The maximum atomic E-state index is 11.8. The van der Waals surface area contributed by atoms with Crippen molar-refractivity contribution >= 4 is 29.0 Å². The highest BCUT2D eigenvalue weighted by atomic mass is 35.5. The highest BCUT2D eigenvalue weighted by Gasteiger charge is 2.28. The highest BCUT2D eigenvalue weighted by molar-refractivity contribution is 6.43. The molecule has 1 aromatic carbocycles. The lowest BCUT2D eigenvalue weighted by Gasteiger charge is -2.23. The van der Waals surface area contributed by atoms with Gasteiger partial charge < -0.3 is 4.74 Å². The van der Waals surface area contributed by atoms with Crippen LogP contribution in [0.5, 0.6) is 0 Å². The van der Waals surface area contributed by atoms with Crippen molar-refractivity contribution in [1.29, 1.82) is 0 Å². The quantitative estimate of drug-likeness (QED) is 0.782. The molecule has 0 heterocycles. The first-order valence-corrected chi connectivity index (χ1v) is 6.29. The largest absolute Gasteiger partial charge is 0.481 e. The number of hydrogen-bond donors (Lipinski definition) is 0. The predicted molar refractivity (Wildman–Crippen MR) is 68.1 cm³/mol. The number of carbonyl (C=O) groups is 1. The van der Waals surface area contributed by atoms with Crippen LogP contribution in [0.3, 0.4) is 0 Å². The van der Waals surface area contributed by atoms with Crippen molar-refractivity contribution in [3.05, 3.63) is 46.7 Å². The minimum atomic E-state index is -0.0770. The number of ether oxygens (including phenoxy) is 1. The zero-order valence-electron chi connectivity index (χ0n) is 9.16. The summed E-state index contributed by atoms with van der Waals surface area (Å²) in [6.07, 6.45) is 1.05. The molecule has 1 atom stereocenters. The third kappa shape index (κ3) is 2.82. The second kappa shape index (κ2) is 5.56. The molecule has 1 aromatic rings. The van der Waals surface area contributed by atoms with Crippen molar-refractivity contribution < 1.29 is 9.53 Å². The molecule has 2 rings (SSSR count). The molecule has 0 amide bonds. The Bertz CT molecular complexity index is 440. The third-order valence-corrected chi connectivity index (χ3v) is 3.38. The summed E-state index contributed by atoms with van der Waals surface area (Å²) in [5.41, 5.74) is 1.13. The Kier molecular flexibility index (Phi) is 4.08. The summed E-state index contributed by atoms with van der Waals surface area (Å²) in [6.45, 7) is 0. The number of allylic oxidation sites excluding steroid dienone is 2. The van der Waals surface area contributed by atoms with Crippen LogP contribution >= 0.6 is 23.2 Å². The van der Waals surface area contributed by atoms with Crippen LogP contribution in [0.1, 0.15) is 24.3 Å². The van der Waals surface area contributed by atoms with E-state index in [0.29, 0.717) is 18.6 Å². The lowest BCUT2D eigenvalue weighted by Crippen LogP contribution is -2.17. The molecular formula is C13H12Cl2O2. The fourth-order valence-corrected chi connectivity index (χ4v) is 2.34. The first-order valence-electron chi connectivity index (χ1n) is 5.38. The van der Waals surface area contributed by atoms with Crippen LogP contribution in [-0.2, 0) is 9.53 Å². The summed E-state index contributed by atoms with van der Waals surface area (Å²) < 4.78 is 5.21. The van der Waals surface area contributed by atoms with Gasteiger partial charge in [0.2, 0.25) is 0 Å². The fourth-order valence-electron chi connectivity index (χ4n) is 2.00. The molecule has 4 heteroatoms. The molecule has 2 nitrogen and oxygen atoms in total. The van der Waals surface area contributed by atoms with E-state index in [-0.39, 0.29) is 22.8 Å². The normalized spacial score (nSPS) is 20.6. The van der Waals surface area contributed by atoms with Gasteiger partial charge in [0, 0.05) is 12.8 Å². The van der Waals surface area contributed by atoms with Crippen LogP contribution in [0, 0.1) is 0 Å². The number of rotatable bonds is 3. The number of ketones is 1. The van der Waals surface area contributed by atoms with Gasteiger partial charge in [-0.05, 0) is 11.5 Å². The molecular weight excluding hydrogens is 259 g/mol. The van der Waals surface area contributed by atoms with E-state index in [1.54, 1.807) is 0 Å². The van der Waals surface area contributed by atoms with Gasteiger partial charge in [0.25, 0.3) is 0 Å². The maximum Gasteiger partial charge on any atom is 0.178 e. The van der Waals surface area contributed by atoms with E-state index in [0.717, 1.165) is 5.56 Å². The fraction of sp³-hybridized carbons (Fsp3) is 0.308. The Morgan fingerprint density at radius 2 is 1.94 bits per heavy atom. The average Bonchev–Trinajstić information content (AvgIpc) is 2.36. The summed E-state index contributed by atoms with van der Waals surface area (Å²) >= 11 is 11.4. The Balaban J connectivity index is 2.23. The van der Waals surface area contributed by atoms with Crippen molar-refractivity contribution in [3.8, 4) is 0 Å². The Morgan fingerprint density at radius 1 is 1.24 bits per heavy atom. The van der Waals surface area contributed by atoms with Crippen LogP contribution in [0.4, 0.5) is 0 Å². The number of carbonyl (C=O) groups excluding carboxylic acids is 1. The number of alkyl halides is 1. The van der Waals surface area contributed by atoms with Gasteiger partial charge in [-0.2, -0.15) is 0 Å².